The maximum atomic E-state index is 12.9. The number of hydrogen-bond donors (Lipinski definition) is 2. The topological polar surface area (TPSA) is 81.3 Å². The minimum absolute atomic E-state index is 0.329. The van der Waals surface area contributed by atoms with Crippen LogP contribution in [0.3, 0.4) is 0 Å². The minimum atomic E-state index is -3.48. The fraction of sp³-hybridized carbons (Fsp3) is 0.769. The van der Waals surface area contributed by atoms with Gasteiger partial charge in [-0.1, -0.05) is 0 Å². The molecule has 2 heterocycles. The molecule has 0 aliphatic carbocycles. The van der Waals surface area contributed by atoms with Crippen molar-refractivity contribution in [2.45, 2.75) is 38.3 Å². The van der Waals surface area contributed by atoms with Crippen molar-refractivity contribution in [1.29, 1.82) is 0 Å². The SMILES string of the molecule is CNCc1n[nH]c(C)c1S(=O)(=O)N1CCN(C(C)C)CC1. The smallest absolute Gasteiger partial charge is 0.246 e. The number of aryl methyl sites for hydroxylation is 1. The molecule has 1 aliphatic heterocycles. The number of rotatable bonds is 5. The summed E-state index contributed by atoms with van der Waals surface area (Å²) in [6.45, 7) is 9.07. The number of piperazine rings is 1. The molecular formula is C13H25N5O2S. The third-order valence-corrected chi connectivity index (χ3v) is 6.01. The fourth-order valence-electron chi connectivity index (χ4n) is 2.69. The summed E-state index contributed by atoms with van der Waals surface area (Å²) in [4.78, 5) is 2.62. The third kappa shape index (κ3) is 3.28. The van der Waals surface area contributed by atoms with Crippen LogP contribution in [-0.4, -0.2) is 67.1 Å². The van der Waals surface area contributed by atoms with Gasteiger partial charge in [-0.15, -0.1) is 0 Å². The average molecular weight is 315 g/mol. The average Bonchev–Trinajstić information content (AvgIpc) is 2.81. The van der Waals surface area contributed by atoms with Crippen LogP contribution in [0.15, 0.2) is 4.90 Å². The van der Waals surface area contributed by atoms with E-state index < -0.39 is 10.0 Å². The predicted molar refractivity (Wildman–Crippen MR) is 81.6 cm³/mol. The number of sulfonamides is 1. The monoisotopic (exact) mass is 315 g/mol. The first kappa shape index (κ1) is 16.4. The standard InChI is InChI=1S/C13H25N5O2S/c1-10(2)17-5-7-18(8-6-17)21(19,20)13-11(3)15-16-12(13)9-14-4/h10,14H,5-9H2,1-4H3,(H,15,16). The van der Waals surface area contributed by atoms with E-state index in [-0.39, 0.29) is 0 Å². The molecule has 0 aromatic carbocycles. The van der Waals surface area contributed by atoms with E-state index >= 15 is 0 Å². The van der Waals surface area contributed by atoms with Crippen LogP contribution in [0.4, 0.5) is 0 Å². The molecule has 0 unspecified atom stereocenters. The molecule has 1 saturated heterocycles. The molecule has 1 aromatic heterocycles. The fourth-order valence-corrected chi connectivity index (χ4v) is 4.44. The lowest BCUT2D eigenvalue weighted by Crippen LogP contribution is -2.50. The van der Waals surface area contributed by atoms with Gasteiger partial charge >= 0.3 is 0 Å². The summed E-state index contributed by atoms with van der Waals surface area (Å²) < 4.78 is 27.3. The summed E-state index contributed by atoms with van der Waals surface area (Å²) in [5.41, 5.74) is 1.16. The molecule has 0 bridgehead atoms. The Morgan fingerprint density at radius 2 is 1.90 bits per heavy atom. The van der Waals surface area contributed by atoms with Gasteiger partial charge in [0.25, 0.3) is 0 Å². The molecule has 1 aromatic rings. The molecule has 0 atom stereocenters. The van der Waals surface area contributed by atoms with Gasteiger partial charge in [-0.3, -0.25) is 10.00 Å². The number of aromatic nitrogens is 2. The lowest BCUT2D eigenvalue weighted by Gasteiger charge is -2.36. The molecule has 8 heteroatoms. The Labute approximate surface area is 126 Å². The lowest BCUT2D eigenvalue weighted by molar-refractivity contribution is 0.154. The van der Waals surface area contributed by atoms with Crippen LogP contribution in [0.1, 0.15) is 25.2 Å². The van der Waals surface area contributed by atoms with Gasteiger partial charge in [0, 0.05) is 38.8 Å². The molecule has 7 nitrogen and oxygen atoms in total. The Morgan fingerprint density at radius 3 is 2.43 bits per heavy atom. The number of aromatic amines is 1. The second-order valence-electron chi connectivity index (χ2n) is 5.69. The van der Waals surface area contributed by atoms with E-state index in [0.29, 0.717) is 42.0 Å². The van der Waals surface area contributed by atoms with E-state index in [9.17, 15) is 8.42 Å². The van der Waals surface area contributed by atoms with E-state index in [1.165, 1.54) is 0 Å². The quantitative estimate of drug-likeness (QED) is 0.808. The van der Waals surface area contributed by atoms with Crippen LogP contribution < -0.4 is 5.32 Å². The first-order chi connectivity index (χ1) is 9.87. The zero-order valence-corrected chi connectivity index (χ0v) is 14.0. The summed E-state index contributed by atoms with van der Waals surface area (Å²) >= 11 is 0. The maximum Gasteiger partial charge on any atom is 0.246 e. The summed E-state index contributed by atoms with van der Waals surface area (Å²) in [6, 6.07) is 0.449. The number of nitrogens with zero attached hydrogens (tertiary/aromatic N) is 3. The van der Waals surface area contributed by atoms with Crippen LogP contribution in [0.25, 0.3) is 0 Å². The zero-order valence-electron chi connectivity index (χ0n) is 13.2. The van der Waals surface area contributed by atoms with E-state index in [2.05, 4.69) is 34.3 Å². The van der Waals surface area contributed by atoms with Gasteiger partial charge < -0.3 is 5.32 Å². The van der Waals surface area contributed by atoms with Crippen molar-refractivity contribution in [3.05, 3.63) is 11.4 Å². The molecule has 0 saturated carbocycles. The van der Waals surface area contributed by atoms with Crippen molar-refractivity contribution < 1.29 is 8.42 Å². The van der Waals surface area contributed by atoms with Gasteiger partial charge in [-0.05, 0) is 27.8 Å². The zero-order chi connectivity index (χ0) is 15.6. The molecular weight excluding hydrogens is 290 g/mol. The Bertz CT molecular complexity index is 573. The first-order valence-corrected chi connectivity index (χ1v) is 8.74. The summed E-state index contributed by atoms with van der Waals surface area (Å²) in [6.07, 6.45) is 0. The Kier molecular flexibility index (Phi) is 5.03. The van der Waals surface area contributed by atoms with Crippen molar-refractivity contribution in [1.82, 2.24) is 24.7 Å². The van der Waals surface area contributed by atoms with Gasteiger partial charge in [0.05, 0.1) is 11.4 Å². The molecule has 0 amide bonds. The molecule has 1 fully saturated rings. The van der Waals surface area contributed by atoms with Crippen molar-refractivity contribution in [2.75, 3.05) is 33.2 Å². The number of nitrogens with one attached hydrogen (secondary N) is 2. The van der Waals surface area contributed by atoms with E-state index in [1.54, 1.807) is 18.3 Å². The number of H-pyrrole nitrogens is 1. The molecule has 2 rings (SSSR count). The number of hydrogen-bond acceptors (Lipinski definition) is 5. The largest absolute Gasteiger partial charge is 0.314 e. The van der Waals surface area contributed by atoms with E-state index in [0.717, 1.165) is 13.1 Å². The van der Waals surface area contributed by atoms with Crippen LogP contribution in [0.5, 0.6) is 0 Å². The maximum absolute atomic E-state index is 12.9. The van der Waals surface area contributed by atoms with Crippen LogP contribution in [-0.2, 0) is 16.6 Å². The highest BCUT2D eigenvalue weighted by atomic mass is 32.2. The van der Waals surface area contributed by atoms with E-state index in [1.807, 2.05) is 0 Å². The highest BCUT2D eigenvalue weighted by Crippen LogP contribution is 2.23. The second kappa shape index (κ2) is 6.43. The molecule has 1 aliphatic rings. The summed E-state index contributed by atoms with van der Waals surface area (Å²) in [7, 11) is -1.70. The molecule has 21 heavy (non-hydrogen) atoms. The predicted octanol–water partition coefficient (Wildman–Crippen LogP) is 0.152. The van der Waals surface area contributed by atoms with Gasteiger partial charge in [-0.25, -0.2) is 8.42 Å². The Morgan fingerprint density at radius 1 is 1.29 bits per heavy atom. The normalized spacial score (nSPS) is 18.5. The molecule has 120 valence electrons. The van der Waals surface area contributed by atoms with Gasteiger partial charge in [0.15, 0.2) is 0 Å². The van der Waals surface area contributed by atoms with Crippen molar-refractivity contribution in [3.8, 4) is 0 Å². The third-order valence-electron chi connectivity index (χ3n) is 3.91. The van der Waals surface area contributed by atoms with Crippen molar-refractivity contribution >= 4 is 10.0 Å². The minimum Gasteiger partial charge on any atom is -0.314 e. The highest BCUT2D eigenvalue weighted by molar-refractivity contribution is 7.89. The summed E-state index contributed by atoms with van der Waals surface area (Å²) in [5, 5.41) is 9.86. The van der Waals surface area contributed by atoms with Gasteiger partial charge in [-0.2, -0.15) is 9.40 Å². The van der Waals surface area contributed by atoms with Crippen molar-refractivity contribution in [3.63, 3.8) is 0 Å². The van der Waals surface area contributed by atoms with Crippen LogP contribution in [0, 0.1) is 6.92 Å². The summed E-state index contributed by atoms with van der Waals surface area (Å²) in [5.74, 6) is 0. The molecule has 0 radical (unpaired) electrons. The van der Waals surface area contributed by atoms with Gasteiger partial charge in [0.1, 0.15) is 4.90 Å². The Hall–Kier alpha value is -0.960. The Balaban J connectivity index is 2.22. The van der Waals surface area contributed by atoms with Gasteiger partial charge in [0.2, 0.25) is 10.0 Å². The molecule has 0 spiro atoms. The van der Waals surface area contributed by atoms with Crippen LogP contribution >= 0.6 is 0 Å². The van der Waals surface area contributed by atoms with E-state index in [4.69, 9.17) is 0 Å². The lowest BCUT2D eigenvalue weighted by atomic mass is 10.3. The van der Waals surface area contributed by atoms with Crippen LogP contribution in [0.2, 0.25) is 0 Å². The highest BCUT2D eigenvalue weighted by Gasteiger charge is 2.33. The van der Waals surface area contributed by atoms with Crippen molar-refractivity contribution in [2.24, 2.45) is 0 Å². The molecule has 2 N–H and O–H groups in total. The second-order valence-corrected chi connectivity index (χ2v) is 7.56. The first-order valence-electron chi connectivity index (χ1n) is 7.30.